The molecule has 0 aromatic heterocycles. The summed E-state index contributed by atoms with van der Waals surface area (Å²) < 4.78 is 13.7. The molecule has 2 rings (SSSR count). The molecule has 0 spiro atoms. The molecular formula is C11H10ClFN2O2. The van der Waals surface area contributed by atoms with E-state index in [-0.39, 0.29) is 22.8 Å². The summed E-state index contributed by atoms with van der Waals surface area (Å²) >= 11 is 5.81. The van der Waals surface area contributed by atoms with Gasteiger partial charge in [0.25, 0.3) is 11.7 Å². The molecular weight excluding hydrogens is 247 g/mol. The molecule has 0 atom stereocenters. The van der Waals surface area contributed by atoms with Crippen LogP contribution in [0.2, 0.25) is 5.02 Å². The van der Waals surface area contributed by atoms with Crippen LogP contribution < -0.4 is 10.6 Å². The van der Waals surface area contributed by atoms with Gasteiger partial charge in [-0.1, -0.05) is 11.6 Å². The Morgan fingerprint density at radius 3 is 2.71 bits per heavy atom. The molecule has 1 aliphatic rings. The molecule has 0 saturated heterocycles. The highest BCUT2D eigenvalue weighted by Crippen LogP contribution is 2.36. The first kappa shape index (κ1) is 12.0. The summed E-state index contributed by atoms with van der Waals surface area (Å²) in [5.74, 6) is -2.14. The summed E-state index contributed by atoms with van der Waals surface area (Å²) in [6.45, 7) is 0.570. The number of carbonyl (C=O) groups is 2. The second-order valence-corrected chi connectivity index (χ2v) is 4.09. The van der Waals surface area contributed by atoms with E-state index in [0.717, 1.165) is 11.0 Å². The fourth-order valence-electron chi connectivity index (χ4n) is 1.81. The van der Waals surface area contributed by atoms with E-state index in [1.54, 1.807) is 0 Å². The van der Waals surface area contributed by atoms with Gasteiger partial charge in [0.15, 0.2) is 0 Å². The van der Waals surface area contributed by atoms with Crippen molar-refractivity contribution in [3.8, 4) is 0 Å². The zero-order chi connectivity index (χ0) is 12.6. The van der Waals surface area contributed by atoms with Crippen LogP contribution in [-0.4, -0.2) is 24.8 Å². The van der Waals surface area contributed by atoms with Gasteiger partial charge in [-0.2, -0.15) is 0 Å². The lowest BCUT2D eigenvalue weighted by Crippen LogP contribution is -2.32. The van der Waals surface area contributed by atoms with E-state index in [2.05, 4.69) is 0 Å². The molecule has 1 aliphatic heterocycles. The van der Waals surface area contributed by atoms with Crippen molar-refractivity contribution >= 4 is 29.0 Å². The Morgan fingerprint density at radius 2 is 2.06 bits per heavy atom. The highest BCUT2D eigenvalue weighted by atomic mass is 35.5. The van der Waals surface area contributed by atoms with Crippen LogP contribution in [0.1, 0.15) is 16.8 Å². The first-order valence-electron chi connectivity index (χ1n) is 5.12. The number of benzene rings is 1. The fraction of sp³-hybridized carbons (Fsp3) is 0.273. The summed E-state index contributed by atoms with van der Waals surface area (Å²) in [5.41, 5.74) is 5.26. The van der Waals surface area contributed by atoms with Crippen LogP contribution in [0.4, 0.5) is 10.1 Å². The van der Waals surface area contributed by atoms with Gasteiger partial charge in [0.2, 0.25) is 0 Å². The number of Topliss-reactive ketones (excluding diaryl/α,β-unsaturated/α-hetero) is 1. The maximum atomic E-state index is 13.7. The number of ketones is 1. The van der Waals surface area contributed by atoms with E-state index in [0.29, 0.717) is 13.0 Å². The van der Waals surface area contributed by atoms with Crippen molar-refractivity contribution in [1.29, 1.82) is 0 Å². The van der Waals surface area contributed by atoms with Gasteiger partial charge in [-0.25, -0.2) is 4.39 Å². The Balaban J connectivity index is 2.52. The molecule has 1 amide bonds. The minimum Gasteiger partial charge on any atom is -0.330 e. The van der Waals surface area contributed by atoms with E-state index in [1.807, 2.05) is 0 Å². The Morgan fingerprint density at radius 1 is 1.35 bits per heavy atom. The number of nitrogens with two attached hydrogens (primary N) is 1. The molecule has 0 radical (unpaired) electrons. The van der Waals surface area contributed by atoms with Gasteiger partial charge in [-0.05, 0) is 25.1 Å². The zero-order valence-electron chi connectivity index (χ0n) is 8.87. The number of fused-ring (bicyclic) bond motifs is 1. The Kier molecular flexibility index (Phi) is 3.13. The zero-order valence-corrected chi connectivity index (χ0v) is 9.63. The third-order valence-electron chi connectivity index (χ3n) is 2.60. The predicted molar refractivity (Wildman–Crippen MR) is 61.8 cm³/mol. The minimum absolute atomic E-state index is 0.0269. The number of hydrogen-bond acceptors (Lipinski definition) is 3. The maximum Gasteiger partial charge on any atom is 0.299 e. The van der Waals surface area contributed by atoms with Crippen LogP contribution in [0.15, 0.2) is 12.1 Å². The number of anilines is 1. The monoisotopic (exact) mass is 256 g/mol. The molecule has 4 nitrogen and oxygen atoms in total. The first-order valence-corrected chi connectivity index (χ1v) is 5.50. The van der Waals surface area contributed by atoms with Crippen LogP contribution in [0, 0.1) is 5.82 Å². The second-order valence-electron chi connectivity index (χ2n) is 3.68. The molecule has 17 heavy (non-hydrogen) atoms. The SMILES string of the molecule is NCCCN1C(=O)C(=O)c2c(Cl)ccc(F)c21. The van der Waals surface area contributed by atoms with E-state index in [4.69, 9.17) is 17.3 Å². The van der Waals surface area contributed by atoms with Crippen molar-refractivity contribution in [2.45, 2.75) is 6.42 Å². The molecule has 0 saturated carbocycles. The molecule has 0 unspecified atom stereocenters. The van der Waals surface area contributed by atoms with Crippen LogP contribution in [0.25, 0.3) is 0 Å². The van der Waals surface area contributed by atoms with Gasteiger partial charge < -0.3 is 10.6 Å². The van der Waals surface area contributed by atoms with Crippen LogP contribution >= 0.6 is 11.6 Å². The van der Waals surface area contributed by atoms with Crippen molar-refractivity contribution in [3.05, 3.63) is 28.5 Å². The smallest absolute Gasteiger partial charge is 0.299 e. The molecule has 1 aromatic carbocycles. The van der Waals surface area contributed by atoms with Crippen molar-refractivity contribution < 1.29 is 14.0 Å². The third-order valence-corrected chi connectivity index (χ3v) is 2.92. The number of carbonyl (C=O) groups excluding carboxylic acids is 2. The number of amides is 1. The Bertz CT molecular complexity index is 504. The van der Waals surface area contributed by atoms with Crippen LogP contribution in [-0.2, 0) is 4.79 Å². The first-order chi connectivity index (χ1) is 8.07. The Labute approximate surface area is 102 Å². The molecule has 1 aromatic rings. The van der Waals surface area contributed by atoms with Gasteiger partial charge in [0.1, 0.15) is 5.82 Å². The summed E-state index contributed by atoms with van der Waals surface area (Å²) in [6, 6.07) is 2.41. The van der Waals surface area contributed by atoms with Crippen molar-refractivity contribution in [2.75, 3.05) is 18.0 Å². The predicted octanol–water partition coefficient (Wildman–Crippen LogP) is 1.36. The maximum absolute atomic E-state index is 13.7. The minimum atomic E-state index is -0.762. The molecule has 2 N–H and O–H groups in total. The average Bonchev–Trinajstić information content (AvgIpc) is 2.56. The third kappa shape index (κ3) is 1.81. The normalized spacial score (nSPS) is 14.4. The van der Waals surface area contributed by atoms with Gasteiger partial charge in [-0.3, -0.25) is 9.59 Å². The average molecular weight is 257 g/mol. The lowest BCUT2D eigenvalue weighted by molar-refractivity contribution is -0.114. The highest BCUT2D eigenvalue weighted by molar-refractivity contribution is 6.55. The quantitative estimate of drug-likeness (QED) is 0.831. The van der Waals surface area contributed by atoms with Crippen LogP contribution in [0.5, 0.6) is 0 Å². The van der Waals surface area contributed by atoms with E-state index in [1.165, 1.54) is 6.07 Å². The molecule has 0 aliphatic carbocycles. The van der Waals surface area contributed by atoms with Gasteiger partial charge in [-0.15, -0.1) is 0 Å². The molecule has 1 heterocycles. The van der Waals surface area contributed by atoms with Crippen molar-refractivity contribution in [1.82, 2.24) is 0 Å². The highest BCUT2D eigenvalue weighted by Gasteiger charge is 2.39. The lowest BCUT2D eigenvalue weighted by atomic mass is 10.1. The largest absolute Gasteiger partial charge is 0.330 e. The molecule has 0 bridgehead atoms. The second kappa shape index (κ2) is 4.43. The summed E-state index contributed by atoms with van der Waals surface area (Å²) in [5, 5.41) is 0.0926. The Hall–Kier alpha value is -1.46. The lowest BCUT2D eigenvalue weighted by Gasteiger charge is -2.16. The topological polar surface area (TPSA) is 63.4 Å². The van der Waals surface area contributed by atoms with E-state index < -0.39 is 17.5 Å². The number of rotatable bonds is 3. The fourth-order valence-corrected chi connectivity index (χ4v) is 2.05. The number of hydrogen-bond donors (Lipinski definition) is 1. The van der Waals surface area contributed by atoms with Crippen molar-refractivity contribution in [2.24, 2.45) is 5.73 Å². The molecule has 0 fully saturated rings. The standard InChI is InChI=1S/C11H10ClFN2O2/c12-6-2-3-7(13)9-8(6)10(16)11(17)15(9)5-1-4-14/h2-3H,1,4-5,14H2. The summed E-state index contributed by atoms with van der Waals surface area (Å²) in [7, 11) is 0. The summed E-state index contributed by atoms with van der Waals surface area (Å²) in [6.07, 6.45) is 0.490. The summed E-state index contributed by atoms with van der Waals surface area (Å²) in [4.78, 5) is 24.5. The van der Waals surface area contributed by atoms with Gasteiger partial charge >= 0.3 is 0 Å². The number of halogens is 2. The van der Waals surface area contributed by atoms with E-state index in [9.17, 15) is 14.0 Å². The van der Waals surface area contributed by atoms with Crippen molar-refractivity contribution in [3.63, 3.8) is 0 Å². The number of nitrogens with zero attached hydrogens (tertiary/aromatic N) is 1. The molecule has 6 heteroatoms. The van der Waals surface area contributed by atoms with Crippen LogP contribution in [0.3, 0.4) is 0 Å². The van der Waals surface area contributed by atoms with E-state index >= 15 is 0 Å². The van der Waals surface area contributed by atoms with Gasteiger partial charge in [0, 0.05) is 6.54 Å². The molecule has 90 valence electrons. The van der Waals surface area contributed by atoms with Gasteiger partial charge in [0.05, 0.1) is 16.3 Å².